The van der Waals surface area contributed by atoms with Gasteiger partial charge in [0.15, 0.2) is 19.0 Å². The Hall–Kier alpha value is -4.13. The molecule has 2 amide bonds. The highest BCUT2D eigenvalue weighted by Gasteiger charge is 2.29. The predicted octanol–water partition coefficient (Wildman–Crippen LogP) is 3.64. The SMILES string of the molecule is Cc1ccccc1OCC(=O)c1ccc2c(c1)N(CC(=O)N(C)Cc1ccccc1)C(=O)CO2. The van der Waals surface area contributed by atoms with Crippen molar-refractivity contribution in [2.75, 3.05) is 31.7 Å². The van der Waals surface area contributed by atoms with Gasteiger partial charge in [-0.2, -0.15) is 0 Å². The smallest absolute Gasteiger partial charge is 0.265 e. The molecule has 0 aromatic heterocycles. The number of aryl methyl sites for hydroxylation is 1. The van der Waals surface area contributed by atoms with E-state index in [2.05, 4.69) is 0 Å². The maximum Gasteiger partial charge on any atom is 0.265 e. The Labute approximate surface area is 198 Å². The molecule has 0 spiro atoms. The summed E-state index contributed by atoms with van der Waals surface area (Å²) in [6, 6.07) is 22.0. The van der Waals surface area contributed by atoms with Crippen molar-refractivity contribution in [1.29, 1.82) is 0 Å². The molecule has 0 radical (unpaired) electrons. The Bertz CT molecular complexity index is 1210. The van der Waals surface area contributed by atoms with Crippen molar-refractivity contribution in [3.63, 3.8) is 0 Å². The average Bonchev–Trinajstić information content (AvgIpc) is 2.85. The number of para-hydroxylation sites is 1. The zero-order valence-corrected chi connectivity index (χ0v) is 19.2. The Kier molecular flexibility index (Phi) is 6.92. The number of anilines is 1. The van der Waals surface area contributed by atoms with E-state index in [1.807, 2.05) is 55.5 Å². The zero-order chi connectivity index (χ0) is 24.1. The van der Waals surface area contributed by atoms with Crippen LogP contribution in [0.3, 0.4) is 0 Å². The van der Waals surface area contributed by atoms with Crippen LogP contribution in [0.1, 0.15) is 21.5 Å². The van der Waals surface area contributed by atoms with Crippen LogP contribution in [0.2, 0.25) is 0 Å². The normalized spacial score (nSPS) is 12.5. The lowest BCUT2D eigenvalue weighted by Crippen LogP contribution is -2.45. The van der Waals surface area contributed by atoms with E-state index in [1.165, 1.54) is 4.90 Å². The maximum atomic E-state index is 12.9. The second-order valence-corrected chi connectivity index (χ2v) is 8.16. The first-order valence-electron chi connectivity index (χ1n) is 11.0. The quantitative estimate of drug-likeness (QED) is 0.482. The number of carbonyl (C=O) groups excluding carboxylic acids is 3. The van der Waals surface area contributed by atoms with Crippen LogP contribution in [0.15, 0.2) is 72.8 Å². The van der Waals surface area contributed by atoms with Crippen LogP contribution in [-0.2, 0) is 16.1 Å². The molecule has 0 unspecified atom stereocenters. The summed E-state index contributed by atoms with van der Waals surface area (Å²) in [4.78, 5) is 41.2. The van der Waals surface area contributed by atoms with Crippen molar-refractivity contribution >= 4 is 23.3 Å². The minimum atomic E-state index is -0.338. The topological polar surface area (TPSA) is 76.2 Å². The number of hydrogen-bond acceptors (Lipinski definition) is 5. The van der Waals surface area contributed by atoms with Gasteiger partial charge >= 0.3 is 0 Å². The first-order valence-corrected chi connectivity index (χ1v) is 11.0. The summed E-state index contributed by atoms with van der Waals surface area (Å²) < 4.78 is 11.2. The molecule has 1 aliphatic heterocycles. The van der Waals surface area contributed by atoms with E-state index in [1.54, 1.807) is 36.2 Å². The molecule has 3 aromatic carbocycles. The second-order valence-electron chi connectivity index (χ2n) is 8.16. The fourth-order valence-corrected chi connectivity index (χ4v) is 3.70. The highest BCUT2D eigenvalue weighted by Crippen LogP contribution is 2.33. The Morgan fingerprint density at radius 2 is 1.76 bits per heavy atom. The van der Waals surface area contributed by atoms with E-state index in [0.29, 0.717) is 29.3 Å². The lowest BCUT2D eigenvalue weighted by molar-refractivity contribution is -0.131. The third-order valence-corrected chi connectivity index (χ3v) is 5.66. The molecule has 174 valence electrons. The van der Waals surface area contributed by atoms with Crippen molar-refractivity contribution < 1.29 is 23.9 Å². The molecule has 4 rings (SSSR count). The summed E-state index contributed by atoms with van der Waals surface area (Å²) in [7, 11) is 1.70. The van der Waals surface area contributed by atoms with Gasteiger partial charge in [-0.15, -0.1) is 0 Å². The lowest BCUT2D eigenvalue weighted by atomic mass is 10.1. The third kappa shape index (κ3) is 5.26. The molecule has 34 heavy (non-hydrogen) atoms. The van der Waals surface area contributed by atoms with Crippen molar-refractivity contribution in [3.8, 4) is 11.5 Å². The Balaban J connectivity index is 1.48. The largest absolute Gasteiger partial charge is 0.485 e. The van der Waals surface area contributed by atoms with Gasteiger partial charge in [0, 0.05) is 19.2 Å². The summed E-state index contributed by atoms with van der Waals surface area (Å²) in [6.07, 6.45) is 0. The molecule has 0 saturated heterocycles. The molecule has 0 N–H and O–H groups in total. The zero-order valence-electron chi connectivity index (χ0n) is 19.2. The number of fused-ring (bicyclic) bond motifs is 1. The van der Waals surface area contributed by atoms with Crippen LogP contribution in [0.5, 0.6) is 11.5 Å². The van der Waals surface area contributed by atoms with E-state index in [0.717, 1.165) is 11.1 Å². The average molecular weight is 459 g/mol. The second kappa shape index (κ2) is 10.2. The van der Waals surface area contributed by atoms with Gasteiger partial charge in [0.25, 0.3) is 5.91 Å². The van der Waals surface area contributed by atoms with Gasteiger partial charge in [0.1, 0.15) is 18.0 Å². The molecule has 1 heterocycles. The molecular weight excluding hydrogens is 432 g/mol. The summed E-state index contributed by atoms with van der Waals surface area (Å²) in [6.45, 7) is 1.89. The highest BCUT2D eigenvalue weighted by atomic mass is 16.5. The van der Waals surface area contributed by atoms with Crippen LogP contribution >= 0.6 is 0 Å². The number of benzene rings is 3. The third-order valence-electron chi connectivity index (χ3n) is 5.66. The van der Waals surface area contributed by atoms with Crippen molar-refractivity contribution in [1.82, 2.24) is 4.90 Å². The number of carbonyl (C=O) groups is 3. The van der Waals surface area contributed by atoms with Crippen LogP contribution in [-0.4, -0.2) is 49.3 Å². The standard InChI is InChI=1S/C27H26N2O5/c1-19-8-6-7-11-24(19)33-17-23(30)21-12-13-25-22(14-21)29(27(32)18-34-25)16-26(31)28(2)15-20-9-4-3-5-10-20/h3-14H,15-18H2,1-2H3. The molecule has 0 fully saturated rings. The number of nitrogens with zero attached hydrogens (tertiary/aromatic N) is 2. The number of likely N-dealkylation sites (N-methyl/N-ethyl adjacent to an activating group) is 1. The predicted molar refractivity (Wildman–Crippen MR) is 128 cm³/mol. The molecule has 1 aliphatic rings. The number of ether oxygens (including phenoxy) is 2. The van der Waals surface area contributed by atoms with Gasteiger partial charge in [-0.1, -0.05) is 48.5 Å². The molecule has 7 nitrogen and oxygen atoms in total. The first-order chi connectivity index (χ1) is 16.4. The molecule has 0 atom stereocenters. The van der Waals surface area contributed by atoms with Crippen LogP contribution in [0.25, 0.3) is 0 Å². The first kappa shape index (κ1) is 23.0. The molecule has 0 aliphatic carbocycles. The van der Waals surface area contributed by atoms with E-state index in [-0.39, 0.29) is 37.4 Å². The van der Waals surface area contributed by atoms with Gasteiger partial charge in [0.05, 0.1) is 5.69 Å². The number of rotatable bonds is 8. The fourth-order valence-electron chi connectivity index (χ4n) is 3.70. The molecular formula is C27H26N2O5. The lowest BCUT2D eigenvalue weighted by Gasteiger charge is -2.30. The van der Waals surface area contributed by atoms with Crippen LogP contribution in [0.4, 0.5) is 5.69 Å². The number of hydrogen-bond donors (Lipinski definition) is 0. The summed E-state index contributed by atoms with van der Waals surface area (Å²) in [5, 5.41) is 0. The van der Waals surface area contributed by atoms with E-state index in [4.69, 9.17) is 9.47 Å². The Morgan fingerprint density at radius 1 is 1.03 bits per heavy atom. The van der Waals surface area contributed by atoms with Crippen LogP contribution < -0.4 is 14.4 Å². The van der Waals surface area contributed by atoms with Crippen molar-refractivity contribution in [2.24, 2.45) is 0 Å². The van der Waals surface area contributed by atoms with E-state index < -0.39 is 0 Å². The highest BCUT2D eigenvalue weighted by molar-refractivity contribution is 6.04. The molecule has 0 saturated carbocycles. The molecule has 0 bridgehead atoms. The number of Topliss-reactive ketones (excluding diaryl/α,β-unsaturated/α-hetero) is 1. The summed E-state index contributed by atoms with van der Waals surface area (Å²) >= 11 is 0. The minimum absolute atomic E-state index is 0.142. The monoisotopic (exact) mass is 458 g/mol. The molecule has 7 heteroatoms. The fraction of sp³-hybridized carbons (Fsp3) is 0.222. The van der Waals surface area contributed by atoms with E-state index >= 15 is 0 Å². The number of ketones is 1. The Morgan fingerprint density at radius 3 is 2.53 bits per heavy atom. The molecule has 3 aromatic rings. The van der Waals surface area contributed by atoms with E-state index in [9.17, 15) is 14.4 Å². The summed E-state index contributed by atoms with van der Waals surface area (Å²) in [5.74, 6) is 0.298. The minimum Gasteiger partial charge on any atom is -0.485 e. The summed E-state index contributed by atoms with van der Waals surface area (Å²) in [5.41, 5.74) is 2.71. The van der Waals surface area contributed by atoms with Gasteiger partial charge < -0.3 is 14.4 Å². The van der Waals surface area contributed by atoms with Gasteiger partial charge in [-0.25, -0.2) is 0 Å². The van der Waals surface area contributed by atoms with Crippen molar-refractivity contribution in [3.05, 3.63) is 89.5 Å². The van der Waals surface area contributed by atoms with Gasteiger partial charge in [-0.3, -0.25) is 19.3 Å². The van der Waals surface area contributed by atoms with Gasteiger partial charge in [0.2, 0.25) is 5.91 Å². The van der Waals surface area contributed by atoms with Crippen molar-refractivity contribution in [2.45, 2.75) is 13.5 Å². The maximum absolute atomic E-state index is 12.9. The van der Waals surface area contributed by atoms with Crippen LogP contribution in [0, 0.1) is 6.92 Å². The van der Waals surface area contributed by atoms with Gasteiger partial charge in [-0.05, 0) is 42.3 Å². The number of amides is 2.